The third-order valence-electron chi connectivity index (χ3n) is 4.55. The van der Waals surface area contributed by atoms with Crippen molar-refractivity contribution in [3.63, 3.8) is 0 Å². The maximum Gasteiger partial charge on any atom is 0.104 e. The molecule has 0 unspecified atom stereocenters. The van der Waals surface area contributed by atoms with E-state index >= 15 is 0 Å². The fraction of sp³-hybridized carbons (Fsp3) is 0.500. The third-order valence-corrected chi connectivity index (χ3v) is 5.83. The van der Waals surface area contributed by atoms with Gasteiger partial charge in [0, 0.05) is 16.8 Å². The van der Waals surface area contributed by atoms with Gasteiger partial charge in [0.2, 0.25) is 0 Å². The molecule has 1 aromatic carbocycles. The van der Waals surface area contributed by atoms with Crippen LogP contribution in [0.1, 0.15) is 60.2 Å². The number of benzene rings is 1. The van der Waals surface area contributed by atoms with Gasteiger partial charge in [-0.05, 0) is 31.4 Å². The van der Waals surface area contributed by atoms with Crippen LogP contribution in [0.5, 0.6) is 0 Å². The van der Waals surface area contributed by atoms with E-state index in [4.69, 9.17) is 4.98 Å². The Kier molecular flexibility index (Phi) is 4.14. The molecule has 2 nitrogen and oxygen atoms in total. The van der Waals surface area contributed by atoms with Gasteiger partial charge in [-0.1, -0.05) is 50.6 Å². The number of thiazole rings is 1. The molecule has 2 aromatic rings. The van der Waals surface area contributed by atoms with Crippen molar-refractivity contribution in [1.29, 1.82) is 0 Å². The minimum atomic E-state index is 0.182. The van der Waals surface area contributed by atoms with Crippen LogP contribution in [-0.4, -0.2) is 12.0 Å². The summed E-state index contributed by atoms with van der Waals surface area (Å²) in [6.07, 6.45) is 3.79. The Morgan fingerprint density at radius 1 is 1.24 bits per heavy atom. The molecular weight excluding hydrogens is 276 g/mol. The van der Waals surface area contributed by atoms with E-state index in [9.17, 15) is 0 Å². The van der Waals surface area contributed by atoms with Crippen molar-refractivity contribution < 1.29 is 0 Å². The Morgan fingerprint density at radius 3 is 2.48 bits per heavy atom. The van der Waals surface area contributed by atoms with Crippen LogP contribution in [0, 0.1) is 0 Å². The van der Waals surface area contributed by atoms with E-state index in [-0.39, 0.29) is 5.41 Å². The Bertz CT molecular complexity index is 597. The van der Waals surface area contributed by atoms with E-state index in [1.165, 1.54) is 40.4 Å². The highest BCUT2D eigenvalue weighted by atomic mass is 32.1. The molecule has 112 valence electrons. The lowest BCUT2D eigenvalue weighted by atomic mass is 9.65. The monoisotopic (exact) mass is 300 g/mol. The Hall–Kier alpha value is -1.19. The summed E-state index contributed by atoms with van der Waals surface area (Å²) >= 11 is 1.92. The molecule has 3 rings (SSSR count). The van der Waals surface area contributed by atoms with Crippen LogP contribution < -0.4 is 5.32 Å². The van der Waals surface area contributed by atoms with Crippen LogP contribution in [-0.2, 0) is 12.0 Å². The summed E-state index contributed by atoms with van der Waals surface area (Å²) in [5.41, 5.74) is 2.91. The molecule has 3 heteroatoms. The molecule has 0 atom stereocenters. The van der Waals surface area contributed by atoms with Crippen LogP contribution >= 0.6 is 11.3 Å². The fourth-order valence-corrected chi connectivity index (χ4v) is 4.72. The average molecular weight is 300 g/mol. The Labute approximate surface area is 131 Å². The van der Waals surface area contributed by atoms with Crippen molar-refractivity contribution in [2.45, 2.75) is 51.0 Å². The van der Waals surface area contributed by atoms with Gasteiger partial charge in [-0.2, -0.15) is 0 Å². The first kappa shape index (κ1) is 14.7. The average Bonchev–Trinajstić information content (AvgIpc) is 2.84. The molecule has 0 amide bonds. The standard InChI is InChI=1S/C18H24N2S/c1-13(2)16-15(12-19-3)21-17(20-16)18(10-7-11-18)14-8-5-4-6-9-14/h4-6,8-9,13,19H,7,10-12H2,1-3H3. The van der Waals surface area contributed by atoms with Crippen molar-refractivity contribution in [3.8, 4) is 0 Å². The maximum absolute atomic E-state index is 5.08. The first-order valence-electron chi connectivity index (χ1n) is 7.87. The second-order valence-electron chi connectivity index (χ2n) is 6.31. The van der Waals surface area contributed by atoms with E-state index < -0.39 is 0 Å². The summed E-state index contributed by atoms with van der Waals surface area (Å²) < 4.78 is 0. The summed E-state index contributed by atoms with van der Waals surface area (Å²) in [4.78, 5) is 6.48. The van der Waals surface area contributed by atoms with Crippen LogP contribution in [0.3, 0.4) is 0 Å². The summed E-state index contributed by atoms with van der Waals surface area (Å²) in [7, 11) is 2.01. The molecule has 0 bridgehead atoms. The predicted molar refractivity (Wildman–Crippen MR) is 90.0 cm³/mol. The number of rotatable bonds is 5. The van der Waals surface area contributed by atoms with Gasteiger partial charge in [0.15, 0.2) is 0 Å². The molecule has 21 heavy (non-hydrogen) atoms. The molecule has 1 aliphatic rings. The van der Waals surface area contributed by atoms with Gasteiger partial charge in [0.25, 0.3) is 0 Å². The summed E-state index contributed by atoms with van der Waals surface area (Å²) in [5, 5.41) is 4.62. The highest BCUT2D eigenvalue weighted by Gasteiger charge is 2.43. The quantitative estimate of drug-likeness (QED) is 0.882. The minimum absolute atomic E-state index is 0.182. The van der Waals surface area contributed by atoms with Gasteiger partial charge in [-0.3, -0.25) is 0 Å². The molecule has 1 aromatic heterocycles. The minimum Gasteiger partial charge on any atom is -0.315 e. The van der Waals surface area contributed by atoms with Crippen molar-refractivity contribution in [2.24, 2.45) is 0 Å². The lowest BCUT2D eigenvalue weighted by molar-refractivity contribution is 0.300. The number of nitrogens with zero attached hydrogens (tertiary/aromatic N) is 1. The normalized spacial score (nSPS) is 17.0. The van der Waals surface area contributed by atoms with E-state index in [1.54, 1.807) is 0 Å². The number of nitrogens with one attached hydrogen (secondary N) is 1. The Balaban J connectivity index is 2.04. The molecule has 1 fully saturated rings. The SMILES string of the molecule is CNCc1sc(C2(c3ccccc3)CCC2)nc1C(C)C. The fourth-order valence-electron chi connectivity index (χ4n) is 3.22. The maximum atomic E-state index is 5.08. The van der Waals surface area contributed by atoms with E-state index in [1.807, 2.05) is 18.4 Å². The zero-order valence-corrected chi connectivity index (χ0v) is 14.0. The van der Waals surface area contributed by atoms with Crippen LogP contribution in [0.2, 0.25) is 0 Å². The summed E-state index contributed by atoms with van der Waals surface area (Å²) in [6.45, 7) is 5.41. The molecule has 1 N–H and O–H groups in total. The molecule has 0 aliphatic heterocycles. The zero-order chi connectivity index (χ0) is 14.9. The first-order valence-corrected chi connectivity index (χ1v) is 8.69. The molecule has 1 heterocycles. The van der Waals surface area contributed by atoms with Gasteiger partial charge >= 0.3 is 0 Å². The molecule has 0 radical (unpaired) electrons. The van der Waals surface area contributed by atoms with E-state index in [0.29, 0.717) is 5.92 Å². The largest absolute Gasteiger partial charge is 0.315 e. The van der Waals surface area contributed by atoms with Crippen molar-refractivity contribution in [1.82, 2.24) is 10.3 Å². The number of hydrogen-bond donors (Lipinski definition) is 1. The van der Waals surface area contributed by atoms with Crippen molar-refractivity contribution >= 4 is 11.3 Å². The summed E-state index contributed by atoms with van der Waals surface area (Å²) in [6, 6.07) is 11.0. The lowest BCUT2D eigenvalue weighted by Crippen LogP contribution is -2.35. The first-order chi connectivity index (χ1) is 10.2. The van der Waals surface area contributed by atoms with Gasteiger partial charge in [0.05, 0.1) is 5.69 Å². The highest BCUT2D eigenvalue weighted by Crippen LogP contribution is 2.50. The topological polar surface area (TPSA) is 24.9 Å². The van der Waals surface area contributed by atoms with Crippen LogP contribution in [0.25, 0.3) is 0 Å². The number of aromatic nitrogens is 1. The zero-order valence-electron chi connectivity index (χ0n) is 13.1. The molecular formula is C18H24N2S. The highest BCUT2D eigenvalue weighted by molar-refractivity contribution is 7.12. The van der Waals surface area contributed by atoms with Crippen LogP contribution in [0.15, 0.2) is 30.3 Å². The second-order valence-corrected chi connectivity index (χ2v) is 7.40. The van der Waals surface area contributed by atoms with Crippen LogP contribution in [0.4, 0.5) is 0 Å². The van der Waals surface area contributed by atoms with Crippen molar-refractivity contribution in [2.75, 3.05) is 7.05 Å². The number of hydrogen-bond acceptors (Lipinski definition) is 3. The summed E-state index contributed by atoms with van der Waals surface area (Å²) in [5.74, 6) is 0.492. The van der Waals surface area contributed by atoms with Crippen molar-refractivity contribution in [3.05, 3.63) is 51.5 Å². The smallest absolute Gasteiger partial charge is 0.104 e. The molecule has 0 spiro atoms. The van der Waals surface area contributed by atoms with Gasteiger partial charge in [-0.15, -0.1) is 11.3 Å². The van der Waals surface area contributed by atoms with Gasteiger partial charge in [0.1, 0.15) is 5.01 Å². The predicted octanol–water partition coefficient (Wildman–Crippen LogP) is 4.46. The molecule has 1 aliphatic carbocycles. The van der Waals surface area contributed by atoms with Gasteiger partial charge < -0.3 is 5.32 Å². The second kappa shape index (κ2) is 5.90. The van der Waals surface area contributed by atoms with E-state index in [2.05, 4.69) is 49.5 Å². The van der Waals surface area contributed by atoms with Gasteiger partial charge in [-0.25, -0.2) is 4.98 Å². The molecule has 0 saturated heterocycles. The third kappa shape index (κ3) is 2.53. The Morgan fingerprint density at radius 2 is 1.95 bits per heavy atom. The van der Waals surface area contributed by atoms with E-state index in [0.717, 1.165) is 6.54 Å². The molecule has 1 saturated carbocycles. The lowest BCUT2D eigenvalue weighted by Gasteiger charge is -2.40.